The van der Waals surface area contributed by atoms with E-state index in [1.165, 1.54) is 0 Å². The van der Waals surface area contributed by atoms with Crippen LogP contribution in [0, 0.1) is 11.3 Å². The van der Waals surface area contributed by atoms with Gasteiger partial charge < -0.3 is 9.64 Å². The first-order chi connectivity index (χ1) is 14.0. The Balaban J connectivity index is 1.61. The fourth-order valence-electron chi connectivity index (χ4n) is 3.73. The lowest BCUT2D eigenvalue weighted by molar-refractivity contribution is 0.169. The molecule has 0 bridgehead atoms. The predicted molar refractivity (Wildman–Crippen MR) is 106 cm³/mol. The third-order valence-corrected chi connectivity index (χ3v) is 6.55. The molecule has 4 rings (SSSR count). The zero-order valence-electron chi connectivity index (χ0n) is 15.6. The van der Waals surface area contributed by atoms with Crippen LogP contribution in [0.2, 0.25) is 0 Å². The second-order valence-corrected chi connectivity index (χ2v) is 8.66. The van der Waals surface area contributed by atoms with Crippen molar-refractivity contribution in [1.82, 2.24) is 9.03 Å². The van der Waals surface area contributed by atoms with E-state index in [0.717, 1.165) is 21.1 Å². The van der Waals surface area contributed by atoms with Crippen LogP contribution in [0.15, 0.2) is 48.5 Å². The Bertz CT molecular complexity index is 1070. The summed E-state index contributed by atoms with van der Waals surface area (Å²) in [5.41, 5.74) is 3.48. The molecule has 29 heavy (non-hydrogen) atoms. The van der Waals surface area contributed by atoms with Gasteiger partial charge in [-0.1, -0.05) is 30.3 Å². The topological polar surface area (TPSA) is 103 Å². The molecular formula is C20H20N4O4S. The second-order valence-electron chi connectivity index (χ2n) is 7.03. The summed E-state index contributed by atoms with van der Waals surface area (Å²) >= 11 is 0. The number of carbonyl (C=O) groups is 1. The van der Waals surface area contributed by atoms with Gasteiger partial charge in [-0.25, -0.2) is 4.79 Å². The molecule has 150 valence electrons. The number of nitrogens with zero attached hydrogens (tertiary/aromatic N) is 3. The summed E-state index contributed by atoms with van der Waals surface area (Å²) in [6.07, 6.45) is -0.431. The van der Waals surface area contributed by atoms with Gasteiger partial charge in [0.1, 0.15) is 6.61 Å². The van der Waals surface area contributed by atoms with E-state index in [1.807, 2.05) is 36.4 Å². The SMILES string of the molecule is N#Cc1ccc2c(c1)CC(NS(=O)(=O)N1CCOC1=O)CN2Cc1ccccc1. The van der Waals surface area contributed by atoms with E-state index >= 15 is 0 Å². The third kappa shape index (κ3) is 4.04. The molecule has 2 aromatic carbocycles. The number of benzene rings is 2. The largest absolute Gasteiger partial charge is 0.447 e. The first-order valence-corrected chi connectivity index (χ1v) is 10.7. The molecule has 8 nitrogen and oxygen atoms in total. The van der Waals surface area contributed by atoms with Gasteiger partial charge in [-0.05, 0) is 35.7 Å². The number of carbonyl (C=O) groups excluding carboxylic acids is 1. The van der Waals surface area contributed by atoms with E-state index < -0.39 is 22.3 Å². The van der Waals surface area contributed by atoms with Crippen LogP contribution < -0.4 is 9.62 Å². The zero-order valence-corrected chi connectivity index (χ0v) is 16.4. The number of anilines is 1. The van der Waals surface area contributed by atoms with Crippen LogP contribution >= 0.6 is 0 Å². The van der Waals surface area contributed by atoms with Gasteiger partial charge in [0.05, 0.1) is 18.2 Å². The standard InChI is InChI=1S/C20H20N4O4S/c21-12-16-6-7-19-17(10-16)11-18(14-23(19)13-15-4-2-1-3-5-15)22-29(26,27)24-8-9-28-20(24)25/h1-7,10,18,22H,8-9,11,13-14H2. The summed E-state index contributed by atoms with van der Waals surface area (Å²) in [4.78, 5) is 13.8. The second kappa shape index (κ2) is 7.73. The lowest BCUT2D eigenvalue weighted by Crippen LogP contribution is -2.52. The van der Waals surface area contributed by atoms with Gasteiger partial charge in [0.2, 0.25) is 0 Å². The van der Waals surface area contributed by atoms with Gasteiger partial charge in [0.25, 0.3) is 0 Å². The molecule has 1 amide bonds. The Labute approximate surface area is 169 Å². The first-order valence-electron chi connectivity index (χ1n) is 9.25. The molecule has 1 unspecified atom stereocenters. The van der Waals surface area contributed by atoms with Gasteiger partial charge in [0, 0.05) is 24.8 Å². The van der Waals surface area contributed by atoms with Crippen molar-refractivity contribution in [1.29, 1.82) is 5.26 Å². The number of ether oxygens (including phenoxy) is 1. The van der Waals surface area contributed by atoms with E-state index in [4.69, 9.17) is 4.74 Å². The van der Waals surface area contributed by atoms with Crippen LogP contribution in [0.4, 0.5) is 10.5 Å². The number of nitrogens with one attached hydrogen (secondary N) is 1. The minimum absolute atomic E-state index is 0.00375. The van der Waals surface area contributed by atoms with Crippen molar-refractivity contribution in [3.05, 3.63) is 65.2 Å². The molecule has 1 atom stereocenters. The average Bonchev–Trinajstić information content (AvgIpc) is 3.15. The van der Waals surface area contributed by atoms with E-state index in [0.29, 0.717) is 25.1 Å². The summed E-state index contributed by atoms with van der Waals surface area (Å²) in [7, 11) is -4.01. The molecule has 0 aromatic heterocycles. The van der Waals surface area contributed by atoms with Crippen LogP contribution in [-0.4, -0.2) is 44.6 Å². The molecule has 2 heterocycles. The summed E-state index contributed by atoms with van der Waals surface area (Å²) in [5.74, 6) is 0. The number of rotatable bonds is 5. The van der Waals surface area contributed by atoms with Gasteiger partial charge in [-0.2, -0.15) is 22.7 Å². The van der Waals surface area contributed by atoms with E-state index in [2.05, 4.69) is 15.7 Å². The Morgan fingerprint density at radius 3 is 2.69 bits per heavy atom. The monoisotopic (exact) mass is 412 g/mol. The van der Waals surface area contributed by atoms with Crippen molar-refractivity contribution in [2.75, 3.05) is 24.6 Å². The summed E-state index contributed by atoms with van der Waals surface area (Å²) in [6, 6.07) is 17.0. The lowest BCUT2D eigenvalue weighted by atomic mass is 9.96. The Morgan fingerprint density at radius 1 is 1.21 bits per heavy atom. The van der Waals surface area contributed by atoms with Crippen LogP contribution in [0.1, 0.15) is 16.7 Å². The fraction of sp³-hybridized carbons (Fsp3) is 0.300. The predicted octanol–water partition coefficient (Wildman–Crippen LogP) is 1.78. The van der Waals surface area contributed by atoms with Crippen molar-refractivity contribution < 1.29 is 17.9 Å². The van der Waals surface area contributed by atoms with Crippen molar-refractivity contribution in [3.63, 3.8) is 0 Å². The highest BCUT2D eigenvalue weighted by molar-refractivity contribution is 7.87. The number of fused-ring (bicyclic) bond motifs is 1. The van der Waals surface area contributed by atoms with E-state index in [-0.39, 0.29) is 13.2 Å². The Kier molecular flexibility index (Phi) is 5.13. The molecule has 1 N–H and O–H groups in total. The summed E-state index contributed by atoms with van der Waals surface area (Å²) < 4.78 is 33.4. The van der Waals surface area contributed by atoms with Crippen LogP contribution in [-0.2, 0) is 27.9 Å². The highest BCUT2D eigenvalue weighted by Gasteiger charge is 2.36. The maximum Gasteiger partial charge on any atom is 0.424 e. The molecule has 1 fully saturated rings. The van der Waals surface area contributed by atoms with Gasteiger partial charge >= 0.3 is 16.3 Å². The molecule has 0 aliphatic carbocycles. The summed E-state index contributed by atoms with van der Waals surface area (Å²) in [5, 5.41) is 9.23. The minimum Gasteiger partial charge on any atom is -0.447 e. The normalized spacial score (nSPS) is 18.9. The molecule has 0 saturated carbocycles. The highest BCUT2D eigenvalue weighted by Crippen LogP contribution is 2.30. The molecule has 0 spiro atoms. The quantitative estimate of drug-likeness (QED) is 0.803. The highest BCUT2D eigenvalue weighted by atomic mass is 32.2. The van der Waals surface area contributed by atoms with Crippen LogP contribution in [0.5, 0.6) is 0 Å². The summed E-state index contributed by atoms with van der Waals surface area (Å²) in [6.45, 7) is 1.10. The number of amides is 1. The van der Waals surface area contributed by atoms with Gasteiger partial charge in [-0.15, -0.1) is 0 Å². The Morgan fingerprint density at radius 2 is 2.00 bits per heavy atom. The Hall–Kier alpha value is -3.09. The molecule has 0 radical (unpaired) electrons. The molecule has 2 aliphatic heterocycles. The fourth-order valence-corrected chi connectivity index (χ4v) is 5.00. The van der Waals surface area contributed by atoms with E-state index in [1.54, 1.807) is 12.1 Å². The number of nitriles is 1. The van der Waals surface area contributed by atoms with E-state index in [9.17, 15) is 18.5 Å². The first kappa shape index (κ1) is 19.2. The smallest absolute Gasteiger partial charge is 0.424 e. The lowest BCUT2D eigenvalue weighted by Gasteiger charge is -2.37. The van der Waals surface area contributed by atoms with Gasteiger partial charge in [0.15, 0.2) is 0 Å². The maximum absolute atomic E-state index is 12.7. The number of cyclic esters (lactones) is 1. The molecule has 2 aromatic rings. The zero-order chi connectivity index (χ0) is 20.4. The van der Waals surface area contributed by atoms with Crippen molar-refractivity contribution in [2.45, 2.75) is 19.0 Å². The molecule has 1 saturated heterocycles. The number of hydrogen-bond donors (Lipinski definition) is 1. The molecule has 2 aliphatic rings. The van der Waals surface area contributed by atoms with Crippen LogP contribution in [0.25, 0.3) is 0 Å². The van der Waals surface area contributed by atoms with Crippen molar-refractivity contribution in [2.24, 2.45) is 0 Å². The molecule has 9 heteroatoms. The average molecular weight is 412 g/mol. The van der Waals surface area contributed by atoms with Crippen LogP contribution in [0.3, 0.4) is 0 Å². The minimum atomic E-state index is -4.01. The maximum atomic E-state index is 12.7. The van der Waals surface area contributed by atoms with Crippen molar-refractivity contribution in [3.8, 4) is 6.07 Å². The third-order valence-electron chi connectivity index (χ3n) is 5.00. The van der Waals surface area contributed by atoms with Crippen molar-refractivity contribution >= 4 is 22.0 Å². The van der Waals surface area contributed by atoms with Gasteiger partial charge in [-0.3, -0.25) is 0 Å². The molecular weight excluding hydrogens is 392 g/mol. The number of hydrogen-bond acceptors (Lipinski definition) is 6.